The molecule has 0 bridgehead atoms. The van der Waals surface area contributed by atoms with Gasteiger partial charge >= 0.3 is 0 Å². The molecule has 6 heteroatoms. The number of aryl methyl sites for hydroxylation is 2. The average Bonchev–Trinajstić information content (AvgIpc) is 3.33. The van der Waals surface area contributed by atoms with Crippen LogP contribution in [0.5, 0.6) is 0 Å². The van der Waals surface area contributed by atoms with Gasteiger partial charge in [-0.2, -0.15) is 10.2 Å². The van der Waals surface area contributed by atoms with Crippen molar-refractivity contribution < 1.29 is 0 Å². The zero-order chi connectivity index (χ0) is 22.3. The molecule has 0 spiro atoms. The zero-order valence-corrected chi connectivity index (χ0v) is 19.5. The summed E-state index contributed by atoms with van der Waals surface area (Å²) in [5, 5.41) is 16.5. The molecule has 2 heterocycles. The maximum absolute atomic E-state index is 9.35. The van der Waals surface area contributed by atoms with Crippen LogP contribution in [0.15, 0.2) is 24.3 Å². The van der Waals surface area contributed by atoms with E-state index in [0.29, 0.717) is 17.6 Å². The van der Waals surface area contributed by atoms with Gasteiger partial charge in [0.05, 0.1) is 11.6 Å². The number of nitrogens with zero attached hydrogens (tertiary/aromatic N) is 4. The van der Waals surface area contributed by atoms with E-state index in [-0.39, 0.29) is 0 Å². The average molecular weight is 433 g/mol. The van der Waals surface area contributed by atoms with Crippen LogP contribution in [0.3, 0.4) is 0 Å². The Morgan fingerprint density at radius 3 is 2.75 bits per heavy atom. The fraction of sp³-hybridized carbons (Fsp3) is 0.577. The molecular formula is C26H36N6. The van der Waals surface area contributed by atoms with Crippen LogP contribution < -0.4 is 15.5 Å². The van der Waals surface area contributed by atoms with Crippen molar-refractivity contribution in [1.82, 2.24) is 15.3 Å². The summed E-state index contributed by atoms with van der Waals surface area (Å²) in [6, 6.07) is 10.8. The third-order valence-corrected chi connectivity index (χ3v) is 6.80. The van der Waals surface area contributed by atoms with Gasteiger partial charge in [0, 0.05) is 36.6 Å². The molecule has 1 aromatic heterocycles. The summed E-state index contributed by atoms with van der Waals surface area (Å²) in [6.07, 6.45) is 9.97. The van der Waals surface area contributed by atoms with Crippen LogP contribution in [0, 0.1) is 24.2 Å². The van der Waals surface area contributed by atoms with Crippen molar-refractivity contribution in [2.24, 2.45) is 5.92 Å². The summed E-state index contributed by atoms with van der Waals surface area (Å²) >= 11 is 0. The number of hydrogen-bond acceptors (Lipinski definition) is 6. The number of nitrogens with one attached hydrogen (secondary N) is 2. The second-order valence-electron chi connectivity index (χ2n) is 9.40. The molecule has 1 atom stereocenters. The Balaban J connectivity index is 1.48. The van der Waals surface area contributed by atoms with E-state index in [9.17, 15) is 5.26 Å². The first-order valence-electron chi connectivity index (χ1n) is 12.3. The quantitative estimate of drug-likeness (QED) is 0.604. The van der Waals surface area contributed by atoms with Crippen LogP contribution >= 0.6 is 0 Å². The molecule has 4 rings (SSSR count). The normalized spacial score (nSPS) is 19.2. The van der Waals surface area contributed by atoms with Crippen LogP contribution in [-0.2, 0) is 6.42 Å². The predicted molar refractivity (Wildman–Crippen MR) is 130 cm³/mol. The topological polar surface area (TPSA) is 76.9 Å². The summed E-state index contributed by atoms with van der Waals surface area (Å²) < 4.78 is 0. The largest absolute Gasteiger partial charge is 0.355 e. The van der Waals surface area contributed by atoms with Gasteiger partial charge in [0.15, 0.2) is 0 Å². The number of rotatable bonds is 8. The van der Waals surface area contributed by atoms with Crippen LogP contribution in [0.25, 0.3) is 0 Å². The lowest BCUT2D eigenvalue weighted by molar-refractivity contribution is 0.382. The van der Waals surface area contributed by atoms with Gasteiger partial charge < -0.3 is 15.5 Å². The second kappa shape index (κ2) is 10.8. The molecule has 1 unspecified atom stereocenters. The first-order valence-corrected chi connectivity index (χ1v) is 12.3. The highest BCUT2D eigenvalue weighted by Gasteiger charge is 2.23. The Labute approximate surface area is 192 Å². The molecule has 1 saturated heterocycles. The molecule has 1 aliphatic heterocycles. The summed E-state index contributed by atoms with van der Waals surface area (Å²) in [7, 11) is 0. The SMILES string of the molecule is CCCc1cc(N2CCCC(NCC3CCCC3)C2)nc(Nc2ccc(C)c(C#N)c2)n1. The molecular weight excluding hydrogens is 396 g/mol. The monoisotopic (exact) mass is 432 g/mol. The van der Waals surface area contributed by atoms with Gasteiger partial charge in [0.1, 0.15) is 5.82 Å². The van der Waals surface area contributed by atoms with Gasteiger partial charge in [-0.05, 0) is 69.2 Å². The molecule has 2 aromatic rings. The minimum atomic E-state index is 0.528. The molecule has 0 radical (unpaired) electrons. The van der Waals surface area contributed by atoms with E-state index >= 15 is 0 Å². The summed E-state index contributed by atoms with van der Waals surface area (Å²) in [4.78, 5) is 12.0. The molecule has 170 valence electrons. The molecule has 1 saturated carbocycles. The number of piperidine rings is 1. The fourth-order valence-corrected chi connectivity index (χ4v) is 4.93. The standard InChI is InChI=1S/C26H36N6/c1-3-7-22-15-25(31-26(29-22)30-23-12-11-19(2)21(14-23)16-27)32-13-6-10-24(18-32)28-17-20-8-4-5-9-20/h11-12,14-15,20,24,28H,3-10,13,17-18H2,1-2H3,(H,29,30,31). The van der Waals surface area contributed by atoms with Crippen molar-refractivity contribution in [3.05, 3.63) is 41.1 Å². The number of anilines is 3. The van der Waals surface area contributed by atoms with E-state index < -0.39 is 0 Å². The van der Waals surface area contributed by atoms with Crippen LogP contribution in [0.4, 0.5) is 17.5 Å². The van der Waals surface area contributed by atoms with E-state index in [1.54, 1.807) is 0 Å². The molecule has 2 aliphatic rings. The minimum absolute atomic E-state index is 0.528. The van der Waals surface area contributed by atoms with Crippen molar-refractivity contribution in [2.45, 2.75) is 71.3 Å². The molecule has 1 aromatic carbocycles. The Kier molecular flexibility index (Phi) is 7.59. The van der Waals surface area contributed by atoms with Gasteiger partial charge in [-0.15, -0.1) is 0 Å². The van der Waals surface area contributed by atoms with E-state index in [2.05, 4.69) is 34.6 Å². The molecule has 1 aliphatic carbocycles. The van der Waals surface area contributed by atoms with E-state index in [4.69, 9.17) is 9.97 Å². The first-order chi connectivity index (χ1) is 15.6. The van der Waals surface area contributed by atoms with Gasteiger partial charge in [-0.1, -0.05) is 32.3 Å². The van der Waals surface area contributed by atoms with Crippen molar-refractivity contribution in [2.75, 3.05) is 29.9 Å². The Morgan fingerprint density at radius 1 is 1.12 bits per heavy atom. The van der Waals surface area contributed by atoms with E-state index in [0.717, 1.165) is 61.2 Å². The molecule has 2 N–H and O–H groups in total. The fourth-order valence-electron chi connectivity index (χ4n) is 4.93. The first kappa shape index (κ1) is 22.5. The maximum Gasteiger partial charge on any atom is 0.229 e. The molecule has 32 heavy (non-hydrogen) atoms. The Bertz CT molecular complexity index is 944. The van der Waals surface area contributed by atoms with E-state index in [1.807, 2.05) is 25.1 Å². The predicted octanol–water partition coefficient (Wildman–Crippen LogP) is 5.10. The summed E-state index contributed by atoms with van der Waals surface area (Å²) in [6.45, 7) is 7.32. The van der Waals surface area contributed by atoms with Gasteiger partial charge in [-0.3, -0.25) is 0 Å². The van der Waals surface area contributed by atoms with Crippen LogP contribution in [-0.4, -0.2) is 35.6 Å². The highest BCUT2D eigenvalue weighted by Crippen LogP contribution is 2.26. The third kappa shape index (κ3) is 5.77. The van der Waals surface area contributed by atoms with Crippen LogP contribution in [0.1, 0.15) is 68.7 Å². The summed E-state index contributed by atoms with van der Waals surface area (Å²) in [5.41, 5.74) is 3.56. The van der Waals surface area contributed by atoms with Crippen molar-refractivity contribution in [1.29, 1.82) is 5.26 Å². The maximum atomic E-state index is 9.35. The number of aromatic nitrogens is 2. The van der Waals surface area contributed by atoms with E-state index in [1.165, 1.54) is 38.5 Å². The Hall–Kier alpha value is -2.65. The highest BCUT2D eigenvalue weighted by molar-refractivity contribution is 5.59. The smallest absolute Gasteiger partial charge is 0.229 e. The van der Waals surface area contributed by atoms with Gasteiger partial charge in [-0.25, -0.2) is 4.98 Å². The third-order valence-electron chi connectivity index (χ3n) is 6.80. The van der Waals surface area contributed by atoms with Crippen LogP contribution in [0.2, 0.25) is 0 Å². The molecule has 0 amide bonds. The number of benzene rings is 1. The lowest BCUT2D eigenvalue weighted by atomic mass is 10.0. The molecule has 2 fully saturated rings. The lowest BCUT2D eigenvalue weighted by Crippen LogP contribution is -2.47. The Morgan fingerprint density at radius 2 is 1.97 bits per heavy atom. The van der Waals surface area contributed by atoms with Crippen molar-refractivity contribution >= 4 is 17.5 Å². The second-order valence-corrected chi connectivity index (χ2v) is 9.40. The summed E-state index contributed by atoms with van der Waals surface area (Å²) in [5.74, 6) is 2.48. The highest BCUT2D eigenvalue weighted by atomic mass is 15.2. The lowest BCUT2D eigenvalue weighted by Gasteiger charge is -2.35. The molecule has 6 nitrogen and oxygen atoms in total. The van der Waals surface area contributed by atoms with Crippen molar-refractivity contribution in [3.63, 3.8) is 0 Å². The zero-order valence-electron chi connectivity index (χ0n) is 19.5. The number of hydrogen-bond donors (Lipinski definition) is 2. The van der Waals surface area contributed by atoms with Gasteiger partial charge in [0.25, 0.3) is 0 Å². The van der Waals surface area contributed by atoms with Crippen molar-refractivity contribution in [3.8, 4) is 6.07 Å². The number of nitriles is 1. The minimum Gasteiger partial charge on any atom is -0.355 e. The van der Waals surface area contributed by atoms with Gasteiger partial charge in [0.2, 0.25) is 5.95 Å².